The molecule has 0 radical (unpaired) electrons. The summed E-state index contributed by atoms with van der Waals surface area (Å²) in [6.07, 6.45) is 1.71. The van der Waals surface area contributed by atoms with Gasteiger partial charge in [0.25, 0.3) is 5.91 Å². The molecule has 0 fully saturated rings. The molecule has 0 bridgehead atoms. The number of para-hydroxylation sites is 2. The maximum atomic E-state index is 14.6. The average molecular weight is 386 g/mol. The van der Waals surface area contributed by atoms with Gasteiger partial charge >= 0.3 is 0 Å². The third-order valence-corrected chi connectivity index (χ3v) is 4.70. The molecule has 1 aromatic heterocycles. The van der Waals surface area contributed by atoms with E-state index in [0.29, 0.717) is 17.8 Å². The summed E-state index contributed by atoms with van der Waals surface area (Å²) in [6, 6.07) is 11.9. The number of nitrogens with zero attached hydrogens (tertiary/aromatic N) is 3. The highest BCUT2D eigenvalue weighted by molar-refractivity contribution is 6.13. The normalized spacial score (nSPS) is 12.8. The first kappa shape index (κ1) is 17.5. The van der Waals surface area contributed by atoms with Crippen molar-refractivity contribution < 1.29 is 9.18 Å². The lowest BCUT2D eigenvalue weighted by molar-refractivity contribution is 0.0981. The van der Waals surface area contributed by atoms with Crippen molar-refractivity contribution in [3.8, 4) is 0 Å². The van der Waals surface area contributed by atoms with Gasteiger partial charge in [0.05, 0.1) is 29.7 Å². The number of fused-ring (bicyclic) bond motifs is 2. The first-order valence-corrected chi connectivity index (χ1v) is 8.77. The summed E-state index contributed by atoms with van der Waals surface area (Å²) in [6.45, 7) is 0.596. The third kappa shape index (κ3) is 3.15. The fourth-order valence-electron chi connectivity index (χ4n) is 3.20. The number of hydrogen-bond donors (Lipinski definition) is 2. The van der Waals surface area contributed by atoms with Crippen LogP contribution >= 0.6 is 11.8 Å². The minimum Gasteiger partial charge on any atom is -0.338 e. The zero-order chi connectivity index (χ0) is 19.0. The summed E-state index contributed by atoms with van der Waals surface area (Å²) in [7, 11) is 1.83. The van der Waals surface area contributed by atoms with Crippen LogP contribution in [-0.2, 0) is 20.1 Å². The molecule has 2 heterocycles. The molecule has 27 heavy (non-hydrogen) atoms. The Morgan fingerprint density at radius 2 is 2.15 bits per heavy atom. The Morgan fingerprint density at radius 3 is 2.93 bits per heavy atom. The predicted molar refractivity (Wildman–Crippen MR) is 103 cm³/mol. The molecule has 0 atom stereocenters. The lowest BCUT2D eigenvalue weighted by atomic mass is 10.1. The van der Waals surface area contributed by atoms with Crippen LogP contribution in [0.1, 0.15) is 21.5 Å². The number of benzene rings is 2. The van der Waals surface area contributed by atoms with Gasteiger partial charge in [0.15, 0.2) is 0 Å². The molecule has 0 unspecified atom stereocenters. The van der Waals surface area contributed by atoms with E-state index in [1.807, 2.05) is 31.3 Å². The van der Waals surface area contributed by atoms with Crippen LogP contribution in [0.5, 0.6) is 0 Å². The topological polar surface area (TPSA) is 62.2 Å². The highest BCUT2D eigenvalue weighted by Gasteiger charge is 2.28. The van der Waals surface area contributed by atoms with E-state index in [1.54, 1.807) is 21.8 Å². The van der Waals surface area contributed by atoms with Crippen molar-refractivity contribution in [2.24, 2.45) is 7.05 Å². The van der Waals surface area contributed by atoms with E-state index in [4.69, 9.17) is 11.8 Å². The second-order valence-electron chi connectivity index (χ2n) is 6.30. The van der Waals surface area contributed by atoms with E-state index >= 15 is 0 Å². The fourth-order valence-corrected chi connectivity index (χ4v) is 3.36. The van der Waals surface area contributed by atoms with E-state index in [-0.39, 0.29) is 12.1 Å². The Morgan fingerprint density at radius 1 is 1.33 bits per heavy atom. The lowest BCUT2D eigenvalue weighted by Gasteiger charge is -2.23. The summed E-state index contributed by atoms with van der Waals surface area (Å²) in [4.78, 5) is 17.2. The summed E-state index contributed by atoms with van der Waals surface area (Å²) in [5.41, 5.74) is 2.97. The molecule has 1 aliphatic rings. The highest BCUT2D eigenvalue weighted by Crippen LogP contribution is 2.36. The van der Waals surface area contributed by atoms with Crippen LogP contribution in [0.25, 0.3) is 0 Å². The Hall–Kier alpha value is -2.90. The summed E-state index contributed by atoms with van der Waals surface area (Å²) >= 11 is 5.47. The van der Waals surface area contributed by atoms with Crippen molar-refractivity contribution in [1.29, 1.82) is 0 Å². The van der Waals surface area contributed by atoms with Gasteiger partial charge in [-0.2, -0.15) is 5.10 Å². The van der Waals surface area contributed by atoms with Gasteiger partial charge in [0, 0.05) is 19.2 Å². The van der Waals surface area contributed by atoms with E-state index < -0.39 is 11.7 Å². The standard InChI is InChI=1S/C19H17ClFN5O/c1-25-18-13(10-23-25)11-26(17-5-3-2-4-16(17)24-18)19(27)14-7-6-12(9-22-20)8-15(14)21/h2-8,10,22,24H,9,11H2,1H3. The summed E-state index contributed by atoms with van der Waals surface area (Å²) < 4.78 is 16.3. The predicted octanol–water partition coefficient (Wildman–Crippen LogP) is 3.71. The molecule has 0 spiro atoms. The minimum absolute atomic E-state index is 0.00969. The summed E-state index contributed by atoms with van der Waals surface area (Å²) in [5, 5.41) is 7.57. The number of aromatic nitrogens is 2. The quantitative estimate of drug-likeness (QED) is 0.675. The van der Waals surface area contributed by atoms with E-state index in [0.717, 1.165) is 17.1 Å². The van der Waals surface area contributed by atoms with Gasteiger partial charge in [-0.05, 0) is 41.6 Å². The fraction of sp³-hybridized carbons (Fsp3) is 0.158. The molecule has 0 aliphatic carbocycles. The number of rotatable bonds is 3. The van der Waals surface area contributed by atoms with Crippen LogP contribution in [0.2, 0.25) is 0 Å². The first-order chi connectivity index (χ1) is 13.1. The maximum absolute atomic E-state index is 14.6. The number of carbonyl (C=O) groups excluding carboxylic acids is 1. The number of hydrogen-bond acceptors (Lipinski definition) is 4. The van der Waals surface area contributed by atoms with Crippen molar-refractivity contribution in [2.75, 3.05) is 10.2 Å². The van der Waals surface area contributed by atoms with Crippen LogP contribution in [0.15, 0.2) is 48.7 Å². The molecule has 4 rings (SSSR count). The smallest absolute Gasteiger partial charge is 0.261 e. The van der Waals surface area contributed by atoms with Crippen molar-refractivity contribution >= 4 is 34.9 Å². The van der Waals surface area contributed by atoms with Crippen LogP contribution in [-0.4, -0.2) is 15.7 Å². The van der Waals surface area contributed by atoms with Gasteiger partial charge in [0.2, 0.25) is 0 Å². The lowest BCUT2D eigenvalue weighted by Crippen LogP contribution is -2.30. The molecule has 1 aliphatic heterocycles. The zero-order valence-corrected chi connectivity index (χ0v) is 15.3. The molecule has 0 saturated carbocycles. The molecule has 1 amide bonds. The molecule has 2 aromatic carbocycles. The molecule has 138 valence electrons. The second kappa shape index (κ2) is 7.02. The number of aryl methyl sites for hydroxylation is 1. The molecular weight excluding hydrogens is 369 g/mol. The Bertz CT molecular complexity index is 1020. The maximum Gasteiger partial charge on any atom is 0.261 e. The second-order valence-corrected chi connectivity index (χ2v) is 6.57. The number of carbonyl (C=O) groups is 1. The zero-order valence-electron chi connectivity index (χ0n) is 14.5. The van der Waals surface area contributed by atoms with Crippen LogP contribution < -0.4 is 15.1 Å². The molecule has 3 aromatic rings. The number of halogens is 2. The monoisotopic (exact) mass is 385 g/mol. The molecule has 8 heteroatoms. The molecule has 6 nitrogen and oxygen atoms in total. The van der Waals surface area contributed by atoms with Crippen molar-refractivity contribution in [2.45, 2.75) is 13.1 Å². The molecule has 2 N–H and O–H groups in total. The number of nitrogens with one attached hydrogen (secondary N) is 2. The largest absolute Gasteiger partial charge is 0.338 e. The van der Waals surface area contributed by atoms with Gasteiger partial charge in [-0.15, -0.1) is 0 Å². The Kier molecular flexibility index (Phi) is 4.55. The van der Waals surface area contributed by atoms with Crippen LogP contribution in [0.4, 0.5) is 21.6 Å². The minimum atomic E-state index is -0.578. The van der Waals surface area contributed by atoms with Crippen LogP contribution in [0, 0.1) is 5.82 Å². The van der Waals surface area contributed by atoms with Gasteiger partial charge < -0.3 is 10.2 Å². The van der Waals surface area contributed by atoms with E-state index in [2.05, 4.69) is 15.3 Å². The van der Waals surface area contributed by atoms with Gasteiger partial charge in [-0.1, -0.05) is 18.2 Å². The van der Waals surface area contributed by atoms with Crippen LogP contribution in [0.3, 0.4) is 0 Å². The first-order valence-electron chi connectivity index (χ1n) is 8.39. The SMILES string of the molecule is Cn1ncc2c1Nc1ccccc1N(C(=O)c1ccc(CNCl)cc1F)C2. The summed E-state index contributed by atoms with van der Waals surface area (Å²) in [5.74, 6) is -0.184. The van der Waals surface area contributed by atoms with Crippen molar-refractivity contribution in [3.63, 3.8) is 0 Å². The van der Waals surface area contributed by atoms with E-state index in [1.165, 1.54) is 12.1 Å². The third-order valence-electron chi connectivity index (χ3n) is 4.57. The highest BCUT2D eigenvalue weighted by atomic mass is 35.5. The molecular formula is C19H17ClFN5O. The van der Waals surface area contributed by atoms with Gasteiger partial charge in [0.1, 0.15) is 11.6 Å². The van der Waals surface area contributed by atoms with Crippen molar-refractivity contribution in [1.82, 2.24) is 14.6 Å². The Balaban J connectivity index is 1.77. The average Bonchev–Trinajstić information content (AvgIpc) is 2.91. The van der Waals surface area contributed by atoms with E-state index in [9.17, 15) is 9.18 Å². The number of anilines is 3. The van der Waals surface area contributed by atoms with Gasteiger partial charge in [-0.25, -0.2) is 9.23 Å². The number of amides is 1. The van der Waals surface area contributed by atoms with Crippen molar-refractivity contribution in [3.05, 3.63) is 71.2 Å². The van der Waals surface area contributed by atoms with Gasteiger partial charge in [-0.3, -0.25) is 9.48 Å². The molecule has 0 saturated heterocycles. The Labute approximate surface area is 160 Å².